The van der Waals surface area contributed by atoms with Gasteiger partial charge < -0.3 is 5.32 Å². The summed E-state index contributed by atoms with van der Waals surface area (Å²) in [6, 6.07) is 5.94. The first-order chi connectivity index (χ1) is 6.91. The van der Waals surface area contributed by atoms with Gasteiger partial charge in [0.05, 0.1) is 4.90 Å². The highest BCUT2D eigenvalue weighted by Crippen LogP contribution is 2.14. The Morgan fingerprint density at radius 1 is 1.40 bits per heavy atom. The lowest BCUT2D eigenvalue weighted by atomic mass is 10.2. The summed E-state index contributed by atoms with van der Waals surface area (Å²) >= 11 is 0. The van der Waals surface area contributed by atoms with Crippen LogP contribution in [0.4, 0.5) is 0 Å². The zero-order valence-electron chi connectivity index (χ0n) is 8.10. The maximum absolute atomic E-state index is 10.9. The number of nitrogens with one attached hydrogen (secondary N) is 1. The third-order valence-electron chi connectivity index (χ3n) is 1.78. The number of rotatable bonds is 3. The molecule has 1 amide bonds. The van der Waals surface area contributed by atoms with E-state index in [2.05, 4.69) is 5.32 Å². The van der Waals surface area contributed by atoms with Crippen molar-refractivity contribution >= 4 is 16.0 Å². The molecule has 0 saturated heterocycles. The molecule has 82 valence electrons. The summed E-state index contributed by atoms with van der Waals surface area (Å²) in [6.45, 7) is 1.40. The van der Waals surface area contributed by atoms with Crippen molar-refractivity contribution in [2.45, 2.75) is 18.4 Å². The lowest BCUT2D eigenvalue weighted by Gasteiger charge is -2.06. The minimum atomic E-state index is -4.23. The Morgan fingerprint density at radius 2 is 2.00 bits per heavy atom. The molecule has 0 radical (unpaired) electrons. The van der Waals surface area contributed by atoms with Gasteiger partial charge in [0.15, 0.2) is 0 Å². The fourth-order valence-corrected chi connectivity index (χ4v) is 1.84. The molecule has 0 fully saturated rings. The van der Waals surface area contributed by atoms with Gasteiger partial charge in [0.25, 0.3) is 10.1 Å². The molecule has 15 heavy (non-hydrogen) atoms. The van der Waals surface area contributed by atoms with Crippen LogP contribution < -0.4 is 5.32 Å². The molecule has 0 aliphatic heterocycles. The zero-order valence-corrected chi connectivity index (χ0v) is 8.91. The Bertz CT molecular complexity index is 467. The van der Waals surface area contributed by atoms with Gasteiger partial charge in [0.1, 0.15) is 0 Å². The van der Waals surface area contributed by atoms with Gasteiger partial charge in [0, 0.05) is 13.5 Å². The highest BCUT2D eigenvalue weighted by molar-refractivity contribution is 7.85. The third kappa shape index (κ3) is 3.34. The van der Waals surface area contributed by atoms with Gasteiger partial charge in [-0.2, -0.15) is 8.42 Å². The smallest absolute Gasteiger partial charge is 0.294 e. The first-order valence-electron chi connectivity index (χ1n) is 4.21. The standard InChI is InChI=1S/C9H11NO4S/c1-7(11)10-6-8-4-2-3-5-9(8)15(12,13)14/h2-5H,6H2,1H3,(H,10,11)(H,12,13,14). The van der Waals surface area contributed by atoms with Gasteiger partial charge in [-0.05, 0) is 11.6 Å². The maximum Gasteiger partial charge on any atom is 0.294 e. The fourth-order valence-electron chi connectivity index (χ4n) is 1.12. The highest BCUT2D eigenvalue weighted by atomic mass is 32.2. The molecule has 0 aliphatic rings. The average molecular weight is 229 g/mol. The summed E-state index contributed by atoms with van der Waals surface area (Å²) in [7, 11) is -4.23. The monoisotopic (exact) mass is 229 g/mol. The second-order valence-corrected chi connectivity index (χ2v) is 4.38. The van der Waals surface area contributed by atoms with Gasteiger partial charge >= 0.3 is 0 Å². The number of hydrogen-bond acceptors (Lipinski definition) is 3. The number of carbonyl (C=O) groups excluding carboxylic acids is 1. The van der Waals surface area contributed by atoms with Crippen LogP contribution in [0.3, 0.4) is 0 Å². The second-order valence-electron chi connectivity index (χ2n) is 2.99. The van der Waals surface area contributed by atoms with Crippen molar-refractivity contribution in [2.24, 2.45) is 0 Å². The minimum Gasteiger partial charge on any atom is -0.352 e. The van der Waals surface area contributed by atoms with E-state index in [4.69, 9.17) is 4.55 Å². The average Bonchev–Trinajstić information content (AvgIpc) is 2.13. The molecule has 6 heteroatoms. The molecule has 0 atom stereocenters. The van der Waals surface area contributed by atoms with Crippen molar-refractivity contribution < 1.29 is 17.8 Å². The molecule has 5 nitrogen and oxygen atoms in total. The summed E-state index contributed by atoms with van der Waals surface area (Å²) < 4.78 is 30.8. The molecule has 1 rings (SSSR count). The molecule has 1 aromatic rings. The largest absolute Gasteiger partial charge is 0.352 e. The van der Waals surface area contributed by atoms with Crippen molar-refractivity contribution in [1.82, 2.24) is 5.32 Å². The third-order valence-corrected chi connectivity index (χ3v) is 2.73. The van der Waals surface area contributed by atoms with Crippen LogP contribution in [0, 0.1) is 0 Å². The van der Waals surface area contributed by atoms with Crippen LogP contribution in [0.15, 0.2) is 29.2 Å². The summed E-state index contributed by atoms with van der Waals surface area (Å²) in [6.07, 6.45) is 0. The van der Waals surface area contributed by atoms with Crippen LogP contribution in [0.5, 0.6) is 0 Å². The van der Waals surface area contributed by atoms with E-state index in [1.807, 2.05) is 0 Å². The topological polar surface area (TPSA) is 83.5 Å². The molecule has 2 N–H and O–H groups in total. The van der Waals surface area contributed by atoms with Crippen LogP contribution in [0.25, 0.3) is 0 Å². The Morgan fingerprint density at radius 3 is 2.53 bits per heavy atom. The summed E-state index contributed by atoms with van der Waals surface area (Å²) in [4.78, 5) is 10.5. The van der Waals surface area contributed by atoms with Crippen molar-refractivity contribution in [2.75, 3.05) is 0 Å². The molecule has 0 aliphatic carbocycles. The van der Waals surface area contributed by atoms with E-state index < -0.39 is 10.1 Å². The SMILES string of the molecule is CC(=O)NCc1ccccc1S(=O)(=O)O. The van der Waals surface area contributed by atoms with Crippen LogP contribution in [0.1, 0.15) is 12.5 Å². The van der Waals surface area contributed by atoms with Crippen molar-refractivity contribution in [1.29, 1.82) is 0 Å². The van der Waals surface area contributed by atoms with Crippen molar-refractivity contribution in [3.63, 3.8) is 0 Å². The van der Waals surface area contributed by atoms with E-state index >= 15 is 0 Å². The van der Waals surface area contributed by atoms with Gasteiger partial charge in [-0.15, -0.1) is 0 Å². The van der Waals surface area contributed by atoms with Crippen molar-refractivity contribution in [3.8, 4) is 0 Å². The molecule has 0 aromatic heterocycles. The maximum atomic E-state index is 10.9. The number of amides is 1. The highest BCUT2D eigenvalue weighted by Gasteiger charge is 2.14. The Balaban J connectivity index is 3.02. The van der Waals surface area contributed by atoms with Gasteiger partial charge in [-0.3, -0.25) is 9.35 Å². The first-order valence-corrected chi connectivity index (χ1v) is 5.65. The van der Waals surface area contributed by atoms with Crippen LogP contribution >= 0.6 is 0 Å². The van der Waals surface area contributed by atoms with Crippen LogP contribution in [0.2, 0.25) is 0 Å². The predicted octanol–water partition coefficient (Wildman–Crippen LogP) is 0.569. The summed E-state index contributed by atoms with van der Waals surface area (Å²) in [5.74, 6) is -0.264. The zero-order chi connectivity index (χ0) is 11.5. The Labute approximate surface area is 87.9 Å². The summed E-state index contributed by atoms with van der Waals surface area (Å²) in [5, 5.41) is 2.46. The molecule has 1 aromatic carbocycles. The molecule has 0 unspecified atom stereocenters. The molecular weight excluding hydrogens is 218 g/mol. The van der Waals surface area contributed by atoms with Crippen LogP contribution in [-0.2, 0) is 21.5 Å². The van der Waals surface area contributed by atoms with Crippen molar-refractivity contribution in [3.05, 3.63) is 29.8 Å². The molecule has 0 saturated carbocycles. The van der Waals surface area contributed by atoms with E-state index in [-0.39, 0.29) is 17.3 Å². The Kier molecular flexibility index (Phi) is 3.43. The van der Waals surface area contributed by atoms with E-state index in [1.165, 1.54) is 25.1 Å². The number of carbonyl (C=O) groups is 1. The molecule has 0 spiro atoms. The quantitative estimate of drug-likeness (QED) is 0.742. The fraction of sp³-hybridized carbons (Fsp3) is 0.222. The number of hydrogen-bond donors (Lipinski definition) is 2. The predicted molar refractivity (Wildman–Crippen MR) is 53.8 cm³/mol. The van der Waals surface area contributed by atoms with Gasteiger partial charge in [-0.25, -0.2) is 0 Å². The summed E-state index contributed by atoms with van der Waals surface area (Å²) in [5.41, 5.74) is 0.357. The lowest BCUT2D eigenvalue weighted by molar-refractivity contribution is -0.119. The molecule has 0 bridgehead atoms. The normalized spacial score (nSPS) is 11.1. The number of benzene rings is 1. The molecule has 0 heterocycles. The van der Waals surface area contributed by atoms with Gasteiger partial charge in [0.2, 0.25) is 5.91 Å². The van der Waals surface area contributed by atoms with E-state index in [0.717, 1.165) is 0 Å². The Hall–Kier alpha value is -1.40. The van der Waals surface area contributed by atoms with E-state index in [1.54, 1.807) is 6.07 Å². The van der Waals surface area contributed by atoms with E-state index in [9.17, 15) is 13.2 Å². The van der Waals surface area contributed by atoms with E-state index in [0.29, 0.717) is 5.56 Å². The molecular formula is C9H11NO4S. The van der Waals surface area contributed by atoms with Crippen LogP contribution in [-0.4, -0.2) is 18.9 Å². The second kappa shape index (κ2) is 4.41. The minimum absolute atomic E-state index is 0.0747. The van der Waals surface area contributed by atoms with Gasteiger partial charge in [-0.1, -0.05) is 18.2 Å². The lowest BCUT2D eigenvalue weighted by Crippen LogP contribution is -2.20. The first kappa shape index (κ1) is 11.7.